The second-order valence-corrected chi connectivity index (χ2v) is 45.8. The van der Waals surface area contributed by atoms with Gasteiger partial charge in [-0.05, 0) is 0 Å². The zero-order chi connectivity index (χ0) is 25.4. The predicted octanol–water partition coefficient (Wildman–Crippen LogP) is 9.58. The molecule has 0 N–H and O–H groups in total. The van der Waals surface area contributed by atoms with Crippen molar-refractivity contribution in [2.45, 2.75) is 117 Å². The average Bonchev–Trinajstić information content (AvgIpc) is 3.86. The molecule has 0 radical (unpaired) electrons. The molecule has 10 saturated heterocycles. The number of pyridine rings is 2. The Kier molecular flexibility index (Phi) is 1.64. The number of nitrogens with zero attached hydrogens (tertiary/aromatic N) is 2. The topological polar surface area (TPSA) is 25.8 Å². The second kappa shape index (κ2) is 2.95. The van der Waals surface area contributed by atoms with Crippen molar-refractivity contribution in [2.24, 2.45) is 0 Å². The minimum absolute atomic E-state index is 0.0758. The average molecular weight is 572 g/mol. The molecule has 0 amide bonds. The maximum absolute atomic E-state index is 5.22. The van der Waals surface area contributed by atoms with E-state index in [1.807, 2.05) is 0 Å². The summed E-state index contributed by atoms with van der Waals surface area (Å²) in [6.45, 7) is 11.7. The van der Waals surface area contributed by atoms with E-state index in [2.05, 4.69) is 99.6 Å². The first-order chi connectivity index (χ1) is 17.4. The quantitative estimate of drug-likeness (QED) is 0.221. The van der Waals surface area contributed by atoms with Gasteiger partial charge in [-0.1, -0.05) is 0 Å². The van der Waals surface area contributed by atoms with Gasteiger partial charge < -0.3 is 0 Å². The molecule has 1 spiro atoms. The fourth-order valence-electron chi connectivity index (χ4n) is 22.2. The first-order valence-corrected chi connectivity index (χ1v) is 23.3. The van der Waals surface area contributed by atoms with Crippen LogP contribution in [0.4, 0.5) is 0 Å². The Balaban J connectivity index is 1.18. The van der Waals surface area contributed by atoms with Gasteiger partial charge in [-0.3, -0.25) is 0 Å². The molecule has 0 saturated carbocycles. The molecular formula is C32H42FeN2P2. The van der Waals surface area contributed by atoms with Gasteiger partial charge in [0.1, 0.15) is 0 Å². The van der Waals surface area contributed by atoms with Crippen LogP contribution in [0.1, 0.15) is 65.8 Å². The van der Waals surface area contributed by atoms with Crippen molar-refractivity contribution in [3.05, 3.63) is 60.2 Å². The van der Waals surface area contributed by atoms with Crippen LogP contribution in [0.2, 0.25) is 47.2 Å². The van der Waals surface area contributed by atoms with Crippen LogP contribution in [0, 0.1) is 0 Å². The molecule has 10 fully saturated rings. The third-order valence-corrected chi connectivity index (χ3v) is 71.0. The first kappa shape index (κ1) is 20.5. The van der Waals surface area contributed by atoms with Crippen LogP contribution in [-0.2, 0) is 11.7 Å². The van der Waals surface area contributed by atoms with Crippen molar-refractivity contribution in [1.29, 1.82) is 0 Å². The summed E-state index contributed by atoms with van der Waals surface area (Å²) in [5, 5.41) is 0.835. The van der Waals surface area contributed by atoms with Crippen LogP contribution in [0.5, 0.6) is 0 Å². The number of hydrogen-bond donors (Lipinski definition) is 0. The molecule has 2 aromatic rings. The molecule has 6 atom stereocenters. The van der Waals surface area contributed by atoms with Crippen LogP contribution in [0.15, 0.2) is 48.8 Å². The Morgan fingerprint density at radius 3 is 1.62 bits per heavy atom. The van der Waals surface area contributed by atoms with E-state index >= 15 is 0 Å². The molecule has 0 bridgehead atoms. The Hall–Kier alpha value is -0.321. The van der Waals surface area contributed by atoms with Gasteiger partial charge in [-0.2, -0.15) is 0 Å². The molecule has 5 heteroatoms. The van der Waals surface area contributed by atoms with Gasteiger partial charge in [-0.15, -0.1) is 0 Å². The standard InChI is InChI=1S/C27H37N2P2.C5H5.Fe/c1-7-25(3,4)31(26(5,6)8-2)20-21-14-13-15-22(21)27(30,23-16-9-11-18-28-23)24-17-10-12-19-29-24;1-2-4-5-3-1;/h9-19H,7-8,20,30H2,1-6H3;1-5H;. The molecule has 0 aromatic carbocycles. The summed E-state index contributed by atoms with van der Waals surface area (Å²) < 4.78 is 1.31. The van der Waals surface area contributed by atoms with E-state index in [9.17, 15) is 0 Å². The zero-order valence-electron chi connectivity index (χ0n) is 23.1. The van der Waals surface area contributed by atoms with Gasteiger partial charge in [-0.25, -0.2) is 0 Å². The van der Waals surface area contributed by atoms with Crippen LogP contribution in [-0.4, -0.2) is 26.4 Å². The number of fused-ring (bicyclic) bond motifs is 10. The Morgan fingerprint density at radius 2 is 1.27 bits per heavy atom. The van der Waals surface area contributed by atoms with E-state index in [-0.39, 0.29) is 13.1 Å². The molecule has 0 aliphatic carbocycles. The van der Waals surface area contributed by atoms with E-state index in [1.165, 1.54) is 57.9 Å². The predicted molar refractivity (Wildman–Crippen MR) is 155 cm³/mol. The van der Waals surface area contributed by atoms with Crippen LogP contribution >= 0.6 is 17.2 Å². The van der Waals surface area contributed by atoms with E-state index in [0.717, 1.165) is 9.13 Å². The van der Waals surface area contributed by atoms with E-state index < -0.39 is 6.51 Å². The Bertz CT molecular complexity index is 1780. The molecule has 10 aliphatic rings. The third-order valence-electron chi connectivity index (χ3n) is 21.5. The van der Waals surface area contributed by atoms with Crippen molar-refractivity contribution in [3.63, 3.8) is 0 Å². The fourth-order valence-corrected chi connectivity index (χ4v) is 110. The number of aromatic nitrogens is 2. The normalized spacial score (nSPS) is 64.6. The van der Waals surface area contributed by atoms with Gasteiger partial charge in [0, 0.05) is 0 Å². The molecule has 10 aliphatic heterocycles. The van der Waals surface area contributed by atoms with Crippen molar-refractivity contribution in [1.82, 2.24) is 9.97 Å². The summed E-state index contributed by atoms with van der Waals surface area (Å²) in [6, 6.07) is 13.5. The van der Waals surface area contributed by atoms with E-state index in [4.69, 9.17) is 9.97 Å². The molecule has 12 heterocycles. The van der Waals surface area contributed by atoms with Gasteiger partial charge in [0.25, 0.3) is 0 Å². The van der Waals surface area contributed by atoms with Crippen LogP contribution < -0.4 is 0 Å². The Labute approximate surface area is 216 Å². The summed E-state index contributed by atoms with van der Waals surface area (Å²) in [5.74, 6) is 0. The maximum atomic E-state index is 5.22. The monoisotopic (exact) mass is 572 g/mol. The summed E-state index contributed by atoms with van der Waals surface area (Å²) >= 11 is 0. The van der Waals surface area contributed by atoms with E-state index in [1.54, 1.807) is 6.16 Å². The molecule has 198 valence electrons. The summed E-state index contributed by atoms with van der Waals surface area (Å²) in [5.41, 5.74) is 2.67. The SMILES string of the molecule is CCC(C)(C)P(C[C]12[CH]3[CH]4[CH]5[C]1(C(P)(c1ccccn1)c1ccccn1)[Fe]43521678[CH]2[CH]1[CH]6[CH]7[CH]28)C(C)(C)CC. The molecular weight excluding hydrogens is 530 g/mol. The number of hydrogen-bond acceptors (Lipinski definition) is 2. The fraction of sp³-hybridized carbons (Fsp3) is 0.688. The summed E-state index contributed by atoms with van der Waals surface area (Å²) in [7, 11) is 3.52. The van der Waals surface area contributed by atoms with Gasteiger partial charge in [0.15, 0.2) is 0 Å². The van der Waals surface area contributed by atoms with Crippen LogP contribution in [0.3, 0.4) is 0 Å². The number of rotatable bonds is 9. The molecule has 2 nitrogen and oxygen atoms in total. The molecule has 6 unspecified atom stereocenters. The van der Waals surface area contributed by atoms with Gasteiger partial charge in [0.2, 0.25) is 0 Å². The van der Waals surface area contributed by atoms with Crippen molar-refractivity contribution < 1.29 is 6.51 Å². The summed E-state index contributed by atoms with van der Waals surface area (Å²) in [4.78, 5) is 20.5. The Morgan fingerprint density at radius 1 is 0.784 bits per heavy atom. The van der Waals surface area contributed by atoms with Crippen LogP contribution in [0.25, 0.3) is 0 Å². The molecule has 37 heavy (non-hydrogen) atoms. The minimum atomic E-state index is -3.84. The zero-order valence-corrected chi connectivity index (χ0v) is 26.3. The first-order valence-electron chi connectivity index (χ1n) is 15.0. The van der Waals surface area contributed by atoms with Gasteiger partial charge >= 0.3 is 217 Å². The van der Waals surface area contributed by atoms with Crippen molar-refractivity contribution in [3.8, 4) is 0 Å². The van der Waals surface area contributed by atoms with Gasteiger partial charge in [0.05, 0.1) is 0 Å². The molecule has 2 aromatic heterocycles. The summed E-state index contributed by atoms with van der Waals surface area (Å²) in [6.07, 6.45) is 8.40. The van der Waals surface area contributed by atoms with Crippen molar-refractivity contribution >= 4 is 17.2 Å². The van der Waals surface area contributed by atoms with E-state index in [0.29, 0.717) is 14.6 Å². The van der Waals surface area contributed by atoms with Crippen molar-refractivity contribution in [2.75, 3.05) is 6.16 Å². The third kappa shape index (κ3) is 0.492. The molecule has 12 rings (SSSR count). The second-order valence-electron chi connectivity index (χ2n) is 18.1.